The number of aryl methyl sites for hydroxylation is 1. The fraction of sp³-hybridized carbons (Fsp3) is 0.421. The number of benzene rings is 1. The summed E-state index contributed by atoms with van der Waals surface area (Å²) in [6, 6.07) is 7.52. The van der Waals surface area contributed by atoms with Crippen molar-refractivity contribution in [1.29, 1.82) is 0 Å². The van der Waals surface area contributed by atoms with Crippen LogP contribution in [0.2, 0.25) is 0 Å². The van der Waals surface area contributed by atoms with Crippen molar-refractivity contribution in [2.75, 3.05) is 6.54 Å². The van der Waals surface area contributed by atoms with Crippen LogP contribution in [0, 0.1) is 0 Å². The van der Waals surface area contributed by atoms with Crippen molar-refractivity contribution < 1.29 is 14.6 Å². The Labute approximate surface area is 148 Å². The minimum Gasteiger partial charge on any atom is -0.444 e. The maximum absolute atomic E-state index is 11.5. The summed E-state index contributed by atoms with van der Waals surface area (Å²) in [5.74, 6) is 0.630. The summed E-state index contributed by atoms with van der Waals surface area (Å²) in [5, 5.41) is 11.9. The van der Waals surface area contributed by atoms with Gasteiger partial charge < -0.3 is 15.2 Å². The maximum Gasteiger partial charge on any atom is 0.407 e. The molecule has 0 saturated heterocycles. The molecule has 0 aliphatic heterocycles. The van der Waals surface area contributed by atoms with E-state index in [1.54, 1.807) is 12.4 Å². The summed E-state index contributed by atoms with van der Waals surface area (Å²) in [5.41, 5.74) is 2.23. The third kappa shape index (κ3) is 6.51. The summed E-state index contributed by atoms with van der Waals surface area (Å²) in [6.07, 6.45) is 4.74. The van der Waals surface area contributed by atoms with Crippen molar-refractivity contribution in [3.8, 4) is 11.4 Å². The summed E-state index contributed by atoms with van der Waals surface area (Å²) in [7, 11) is 0. The Morgan fingerprint density at radius 1 is 1.20 bits per heavy atom. The number of alkyl carbamates (subject to hydrolysis) is 1. The van der Waals surface area contributed by atoms with E-state index in [9.17, 15) is 9.90 Å². The van der Waals surface area contributed by atoms with Crippen LogP contribution in [0.15, 0.2) is 36.7 Å². The molecule has 0 unspecified atom stereocenters. The largest absolute Gasteiger partial charge is 0.444 e. The van der Waals surface area contributed by atoms with E-state index < -0.39 is 11.7 Å². The molecule has 0 aliphatic rings. The van der Waals surface area contributed by atoms with Crippen molar-refractivity contribution in [2.45, 2.75) is 45.8 Å². The molecule has 6 nitrogen and oxygen atoms in total. The van der Waals surface area contributed by atoms with Crippen LogP contribution in [-0.4, -0.2) is 33.3 Å². The van der Waals surface area contributed by atoms with Gasteiger partial charge in [0.15, 0.2) is 5.82 Å². The average molecular weight is 343 g/mol. The number of aliphatic hydroxyl groups excluding tert-OH is 1. The number of carbonyl (C=O) groups excluding carboxylic acids is 1. The first kappa shape index (κ1) is 18.9. The van der Waals surface area contributed by atoms with Gasteiger partial charge in [0, 0.05) is 24.5 Å². The lowest BCUT2D eigenvalue weighted by molar-refractivity contribution is 0.0527. The van der Waals surface area contributed by atoms with E-state index in [1.807, 2.05) is 45.0 Å². The van der Waals surface area contributed by atoms with E-state index in [0.29, 0.717) is 12.4 Å². The predicted octanol–water partition coefficient (Wildman–Crippen LogP) is 3.09. The fourth-order valence-electron chi connectivity index (χ4n) is 2.24. The number of hydrogen-bond acceptors (Lipinski definition) is 5. The number of amides is 1. The molecule has 0 bridgehead atoms. The molecule has 134 valence electrons. The average Bonchev–Trinajstić information content (AvgIpc) is 2.58. The SMILES string of the molecule is CC(C)(C)OC(=O)NCCCc1cnc(-c2cccc(CO)c2)nc1. The molecule has 1 amide bonds. The van der Waals surface area contributed by atoms with Crippen molar-refractivity contribution in [2.24, 2.45) is 0 Å². The maximum atomic E-state index is 11.5. The zero-order chi connectivity index (χ0) is 18.3. The summed E-state index contributed by atoms with van der Waals surface area (Å²) in [6.45, 7) is 6.04. The van der Waals surface area contributed by atoms with Crippen molar-refractivity contribution >= 4 is 6.09 Å². The van der Waals surface area contributed by atoms with Crippen LogP contribution in [0.25, 0.3) is 11.4 Å². The topological polar surface area (TPSA) is 84.3 Å². The summed E-state index contributed by atoms with van der Waals surface area (Å²) in [4.78, 5) is 20.3. The van der Waals surface area contributed by atoms with Gasteiger partial charge in [0.25, 0.3) is 0 Å². The standard InChI is InChI=1S/C19H25N3O3/c1-19(2,3)25-18(24)20-9-5-7-15-11-21-17(22-12-15)16-8-4-6-14(10-16)13-23/h4,6,8,10-12,23H,5,7,9,13H2,1-3H3,(H,20,24). The number of aromatic nitrogens is 2. The monoisotopic (exact) mass is 343 g/mol. The number of rotatable bonds is 6. The molecule has 2 aromatic rings. The van der Waals surface area contributed by atoms with Crippen molar-refractivity contribution in [3.05, 3.63) is 47.8 Å². The Hall–Kier alpha value is -2.47. The second-order valence-electron chi connectivity index (χ2n) is 6.81. The Kier molecular flexibility index (Phi) is 6.47. The first-order valence-corrected chi connectivity index (χ1v) is 8.35. The molecule has 0 spiro atoms. The quantitative estimate of drug-likeness (QED) is 0.787. The van der Waals surface area contributed by atoms with Gasteiger partial charge >= 0.3 is 6.09 Å². The second-order valence-corrected chi connectivity index (χ2v) is 6.81. The van der Waals surface area contributed by atoms with Gasteiger partial charge in [-0.1, -0.05) is 18.2 Å². The normalized spacial score (nSPS) is 11.2. The molecule has 1 aromatic heterocycles. The smallest absolute Gasteiger partial charge is 0.407 e. The van der Waals surface area contributed by atoms with Crippen LogP contribution < -0.4 is 5.32 Å². The van der Waals surface area contributed by atoms with Crippen molar-refractivity contribution in [1.82, 2.24) is 15.3 Å². The van der Waals surface area contributed by atoms with Gasteiger partial charge in [-0.3, -0.25) is 0 Å². The zero-order valence-corrected chi connectivity index (χ0v) is 15.0. The highest BCUT2D eigenvalue weighted by Crippen LogP contribution is 2.16. The van der Waals surface area contributed by atoms with E-state index >= 15 is 0 Å². The van der Waals surface area contributed by atoms with E-state index in [-0.39, 0.29) is 6.61 Å². The van der Waals surface area contributed by atoms with Gasteiger partial charge in [0.1, 0.15) is 5.60 Å². The zero-order valence-electron chi connectivity index (χ0n) is 15.0. The Morgan fingerprint density at radius 2 is 1.92 bits per heavy atom. The van der Waals surface area contributed by atoms with Crippen LogP contribution in [-0.2, 0) is 17.8 Å². The van der Waals surface area contributed by atoms with Gasteiger partial charge in [-0.25, -0.2) is 14.8 Å². The summed E-state index contributed by atoms with van der Waals surface area (Å²) >= 11 is 0. The second kappa shape index (κ2) is 8.58. The highest BCUT2D eigenvalue weighted by Gasteiger charge is 2.15. The number of nitrogens with one attached hydrogen (secondary N) is 1. The molecule has 0 atom stereocenters. The van der Waals surface area contributed by atoms with Gasteiger partial charge in [-0.15, -0.1) is 0 Å². The Balaban J connectivity index is 1.81. The Bertz CT molecular complexity index is 694. The molecule has 0 fully saturated rings. The molecule has 0 aliphatic carbocycles. The third-order valence-corrected chi connectivity index (χ3v) is 3.38. The molecule has 0 saturated carbocycles. The first-order valence-electron chi connectivity index (χ1n) is 8.35. The molecule has 2 rings (SSSR count). The number of hydrogen-bond donors (Lipinski definition) is 2. The number of ether oxygens (including phenoxy) is 1. The minimum atomic E-state index is -0.485. The van der Waals surface area contributed by atoms with Gasteiger partial charge in [-0.2, -0.15) is 0 Å². The van der Waals surface area contributed by atoms with E-state index in [1.165, 1.54) is 0 Å². The fourth-order valence-corrected chi connectivity index (χ4v) is 2.24. The van der Waals surface area contributed by atoms with Crippen LogP contribution >= 0.6 is 0 Å². The molecule has 25 heavy (non-hydrogen) atoms. The minimum absolute atomic E-state index is 0.00340. The lowest BCUT2D eigenvalue weighted by Crippen LogP contribution is -2.33. The third-order valence-electron chi connectivity index (χ3n) is 3.38. The van der Waals surface area contributed by atoms with Gasteiger partial charge in [0.2, 0.25) is 0 Å². The predicted molar refractivity (Wildman–Crippen MR) is 95.9 cm³/mol. The highest BCUT2D eigenvalue weighted by atomic mass is 16.6. The molecule has 2 N–H and O–H groups in total. The lowest BCUT2D eigenvalue weighted by atomic mass is 10.1. The number of nitrogens with zero attached hydrogens (tertiary/aromatic N) is 2. The van der Waals surface area contributed by atoms with E-state index in [0.717, 1.165) is 29.5 Å². The Morgan fingerprint density at radius 3 is 2.56 bits per heavy atom. The molecular formula is C19H25N3O3. The summed E-state index contributed by atoms with van der Waals surface area (Å²) < 4.78 is 5.18. The molecule has 1 heterocycles. The number of aliphatic hydroxyl groups is 1. The lowest BCUT2D eigenvalue weighted by Gasteiger charge is -2.19. The first-order chi connectivity index (χ1) is 11.9. The highest BCUT2D eigenvalue weighted by molar-refractivity contribution is 5.67. The van der Waals surface area contributed by atoms with Crippen LogP contribution in [0.5, 0.6) is 0 Å². The number of carbonyl (C=O) groups is 1. The van der Waals surface area contributed by atoms with E-state index in [2.05, 4.69) is 15.3 Å². The van der Waals surface area contributed by atoms with Gasteiger partial charge in [0.05, 0.1) is 6.61 Å². The molecule has 1 aromatic carbocycles. The van der Waals surface area contributed by atoms with Gasteiger partial charge in [-0.05, 0) is 50.8 Å². The van der Waals surface area contributed by atoms with Crippen LogP contribution in [0.3, 0.4) is 0 Å². The molecular weight excluding hydrogens is 318 g/mol. The van der Waals surface area contributed by atoms with E-state index in [4.69, 9.17) is 4.74 Å². The van der Waals surface area contributed by atoms with Crippen LogP contribution in [0.4, 0.5) is 4.79 Å². The van der Waals surface area contributed by atoms with Crippen LogP contribution in [0.1, 0.15) is 38.3 Å². The molecule has 0 radical (unpaired) electrons. The molecule has 6 heteroatoms. The van der Waals surface area contributed by atoms with Crippen molar-refractivity contribution in [3.63, 3.8) is 0 Å².